The van der Waals surface area contributed by atoms with Crippen LogP contribution in [0.5, 0.6) is 0 Å². The highest BCUT2D eigenvalue weighted by Gasteiger charge is 2.34. The second-order valence-electron chi connectivity index (χ2n) is 6.87. The van der Waals surface area contributed by atoms with Crippen LogP contribution in [0, 0.1) is 5.82 Å². The van der Waals surface area contributed by atoms with Gasteiger partial charge in [-0.1, -0.05) is 57.9 Å². The summed E-state index contributed by atoms with van der Waals surface area (Å²) in [4.78, 5) is 20.2. The summed E-state index contributed by atoms with van der Waals surface area (Å²) in [6.07, 6.45) is 1.74. The molecular formula is C24H13BrClFN2OS. The number of aliphatic imine (C=N–C) groups is 1. The van der Waals surface area contributed by atoms with Crippen LogP contribution in [0.25, 0.3) is 16.2 Å². The van der Waals surface area contributed by atoms with E-state index in [1.807, 2.05) is 48.5 Å². The molecule has 3 nitrogen and oxygen atoms in total. The van der Waals surface area contributed by atoms with Crippen molar-refractivity contribution in [1.29, 1.82) is 0 Å². The van der Waals surface area contributed by atoms with Gasteiger partial charge in [-0.25, -0.2) is 9.38 Å². The van der Waals surface area contributed by atoms with Gasteiger partial charge in [0.2, 0.25) is 0 Å². The van der Waals surface area contributed by atoms with E-state index in [1.54, 1.807) is 18.2 Å². The van der Waals surface area contributed by atoms with Gasteiger partial charge in [-0.2, -0.15) is 0 Å². The van der Waals surface area contributed by atoms with Crippen molar-refractivity contribution in [3.63, 3.8) is 0 Å². The molecule has 4 aromatic rings. The number of nitrogens with zero attached hydrogens (tertiary/aromatic N) is 2. The second-order valence-corrected chi connectivity index (χ2v) is 9.22. The number of hydrogen-bond acceptors (Lipinski definition) is 3. The van der Waals surface area contributed by atoms with Gasteiger partial charge in [-0.3, -0.25) is 9.69 Å². The van der Waals surface area contributed by atoms with E-state index < -0.39 is 0 Å². The van der Waals surface area contributed by atoms with E-state index in [-0.39, 0.29) is 17.4 Å². The number of fused-ring (bicyclic) bond motifs is 1. The average Bonchev–Trinajstić information content (AvgIpc) is 3.28. The van der Waals surface area contributed by atoms with Gasteiger partial charge in [0.25, 0.3) is 5.91 Å². The Bertz CT molecular complexity index is 1380. The van der Waals surface area contributed by atoms with E-state index in [0.717, 1.165) is 20.1 Å². The van der Waals surface area contributed by atoms with Gasteiger partial charge in [0, 0.05) is 14.6 Å². The molecule has 0 unspecified atom stereocenters. The number of rotatable bonds is 3. The Morgan fingerprint density at radius 1 is 1.00 bits per heavy atom. The quantitative estimate of drug-likeness (QED) is 0.266. The minimum atomic E-state index is -0.376. The maximum absolute atomic E-state index is 13.5. The van der Waals surface area contributed by atoms with Crippen molar-refractivity contribution in [2.75, 3.05) is 4.90 Å². The number of amidine groups is 1. The fourth-order valence-electron chi connectivity index (χ4n) is 3.37. The van der Waals surface area contributed by atoms with Crippen LogP contribution in [-0.4, -0.2) is 11.7 Å². The van der Waals surface area contributed by atoms with E-state index in [0.29, 0.717) is 21.4 Å². The van der Waals surface area contributed by atoms with Crippen molar-refractivity contribution in [1.82, 2.24) is 0 Å². The number of thiophene rings is 1. The fraction of sp³-hybridized carbons (Fsp3) is 0. The third-order valence-corrected chi connectivity index (χ3v) is 7.06. The minimum Gasteiger partial charge on any atom is -0.266 e. The molecule has 0 saturated carbocycles. The summed E-state index contributed by atoms with van der Waals surface area (Å²) in [6.45, 7) is 0. The lowest BCUT2D eigenvalue weighted by Gasteiger charge is -2.17. The lowest BCUT2D eigenvalue weighted by Crippen LogP contribution is -2.32. The van der Waals surface area contributed by atoms with Gasteiger partial charge < -0.3 is 0 Å². The van der Waals surface area contributed by atoms with Gasteiger partial charge in [-0.15, -0.1) is 11.3 Å². The maximum atomic E-state index is 13.5. The van der Waals surface area contributed by atoms with Crippen LogP contribution in [0.4, 0.5) is 10.1 Å². The van der Waals surface area contributed by atoms with Crippen molar-refractivity contribution in [3.8, 4) is 0 Å². The standard InChI is InChI=1S/C24H13BrClFN2OS/c25-15-7-5-14(6-8-15)13-19-24(30)29(17-11-9-16(27)10-12-17)23(28-19)22-21(26)18-3-1-2-4-20(18)31-22/h1-13H/b19-13+. The average molecular weight is 512 g/mol. The molecule has 3 aromatic carbocycles. The number of benzene rings is 3. The molecule has 2 heterocycles. The van der Waals surface area contributed by atoms with Crippen molar-refractivity contribution in [2.24, 2.45) is 4.99 Å². The summed E-state index contributed by atoms with van der Waals surface area (Å²) in [6, 6.07) is 21.1. The molecule has 0 N–H and O–H groups in total. The molecule has 1 aromatic heterocycles. The maximum Gasteiger partial charge on any atom is 0.282 e. The largest absolute Gasteiger partial charge is 0.282 e. The van der Waals surface area contributed by atoms with Crippen molar-refractivity contribution >= 4 is 72.5 Å². The summed E-state index contributed by atoms with van der Waals surface area (Å²) >= 11 is 11.6. The number of anilines is 1. The van der Waals surface area contributed by atoms with E-state index in [4.69, 9.17) is 11.6 Å². The Balaban J connectivity index is 1.68. The number of amides is 1. The summed E-state index contributed by atoms with van der Waals surface area (Å²) in [7, 11) is 0. The number of halogens is 3. The van der Waals surface area contributed by atoms with Gasteiger partial charge in [0.15, 0.2) is 5.84 Å². The van der Waals surface area contributed by atoms with Gasteiger partial charge in [0.1, 0.15) is 11.5 Å². The molecule has 31 heavy (non-hydrogen) atoms. The number of carbonyl (C=O) groups excluding carboxylic acids is 1. The molecule has 0 spiro atoms. The molecule has 152 valence electrons. The molecule has 1 amide bonds. The van der Waals surface area contributed by atoms with E-state index in [9.17, 15) is 9.18 Å². The first kappa shape index (κ1) is 20.1. The third-order valence-electron chi connectivity index (χ3n) is 4.86. The zero-order valence-electron chi connectivity index (χ0n) is 15.9. The lowest BCUT2D eigenvalue weighted by atomic mass is 10.2. The van der Waals surface area contributed by atoms with Gasteiger partial charge in [-0.05, 0) is 54.1 Å². The Kier molecular flexibility index (Phi) is 5.22. The molecule has 7 heteroatoms. The predicted octanol–water partition coefficient (Wildman–Crippen LogP) is 7.29. The molecule has 0 atom stereocenters. The minimum absolute atomic E-state index is 0.287. The first-order chi connectivity index (χ1) is 15.0. The van der Waals surface area contributed by atoms with Gasteiger partial charge >= 0.3 is 0 Å². The summed E-state index contributed by atoms with van der Waals surface area (Å²) in [5.74, 6) is -0.233. The van der Waals surface area contributed by atoms with Crippen LogP contribution < -0.4 is 4.90 Å². The van der Waals surface area contributed by atoms with Crippen LogP contribution in [0.15, 0.2) is 88.0 Å². The highest BCUT2D eigenvalue weighted by atomic mass is 79.9. The number of hydrogen-bond donors (Lipinski definition) is 0. The Hall–Kier alpha value is -2.80. The molecule has 0 radical (unpaired) electrons. The van der Waals surface area contributed by atoms with Crippen molar-refractivity contribution in [3.05, 3.63) is 104 Å². The highest BCUT2D eigenvalue weighted by molar-refractivity contribution is 9.10. The molecule has 0 fully saturated rings. The third kappa shape index (κ3) is 3.71. The molecule has 1 aliphatic rings. The summed E-state index contributed by atoms with van der Waals surface area (Å²) < 4.78 is 15.5. The van der Waals surface area contributed by atoms with Crippen LogP contribution in [-0.2, 0) is 4.79 Å². The smallest absolute Gasteiger partial charge is 0.266 e. The second kappa shape index (κ2) is 8.04. The molecule has 0 bridgehead atoms. The topological polar surface area (TPSA) is 32.7 Å². The number of carbonyl (C=O) groups is 1. The SMILES string of the molecule is O=C1/C(=C\c2ccc(Br)cc2)N=C(c2sc3ccccc3c2Cl)N1c1ccc(F)cc1. The summed E-state index contributed by atoms with van der Waals surface area (Å²) in [5, 5.41) is 1.45. The first-order valence-electron chi connectivity index (χ1n) is 9.34. The van der Waals surface area contributed by atoms with Crippen LogP contribution >= 0.6 is 38.9 Å². The van der Waals surface area contributed by atoms with Crippen LogP contribution in [0.2, 0.25) is 5.02 Å². The normalized spacial score (nSPS) is 15.2. The Morgan fingerprint density at radius 3 is 2.42 bits per heavy atom. The van der Waals surface area contributed by atoms with Crippen molar-refractivity contribution < 1.29 is 9.18 Å². The van der Waals surface area contributed by atoms with Crippen LogP contribution in [0.3, 0.4) is 0 Å². The Labute approximate surface area is 195 Å². The zero-order chi connectivity index (χ0) is 21.5. The predicted molar refractivity (Wildman–Crippen MR) is 129 cm³/mol. The van der Waals surface area contributed by atoms with E-state index in [2.05, 4.69) is 20.9 Å². The Morgan fingerprint density at radius 2 is 1.71 bits per heavy atom. The molecule has 0 aliphatic carbocycles. The lowest BCUT2D eigenvalue weighted by molar-refractivity contribution is -0.113. The van der Waals surface area contributed by atoms with Crippen molar-refractivity contribution in [2.45, 2.75) is 0 Å². The molecular weight excluding hydrogens is 499 g/mol. The van der Waals surface area contributed by atoms with Crippen LogP contribution in [0.1, 0.15) is 10.4 Å². The monoisotopic (exact) mass is 510 g/mol. The zero-order valence-corrected chi connectivity index (χ0v) is 19.0. The highest BCUT2D eigenvalue weighted by Crippen LogP contribution is 2.39. The van der Waals surface area contributed by atoms with Gasteiger partial charge in [0.05, 0.1) is 15.6 Å². The fourth-order valence-corrected chi connectivity index (χ4v) is 5.13. The summed E-state index contributed by atoms with van der Waals surface area (Å²) in [5.41, 5.74) is 1.66. The molecule has 5 rings (SSSR count). The molecule has 1 aliphatic heterocycles. The molecule has 0 saturated heterocycles. The van der Waals surface area contributed by atoms with E-state index in [1.165, 1.54) is 28.4 Å². The first-order valence-corrected chi connectivity index (χ1v) is 11.3. The van der Waals surface area contributed by atoms with E-state index >= 15 is 0 Å².